The number of aryl methyl sites for hydroxylation is 1. The summed E-state index contributed by atoms with van der Waals surface area (Å²) < 4.78 is 23.1. The first-order valence-electron chi connectivity index (χ1n) is 6.47. The summed E-state index contributed by atoms with van der Waals surface area (Å²) >= 11 is 0. The van der Waals surface area contributed by atoms with E-state index in [1.165, 1.54) is 11.1 Å². The maximum atomic E-state index is 11.5. The average Bonchev–Trinajstić information content (AvgIpc) is 2.68. The maximum Gasteiger partial charge on any atom is 0.150 e. The van der Waals surface area contributed by atoms with Crippen molar-refractivity contribution in [3.05, 3.63) is 35.4 Å². The van der Waals surface area contributed by atoms with Gasteiger partial charge in [-0.25, -0.2) is 8.42 Å². The Balaban J connectivity index is 2.09. The minimum Gasteiger partial charge on any atom is -0.330 e. The van der Waals surface area contributed by atoms with Crippen LogP contribution < -0.4 is 5.73 Å². The standard InChI is InChI=1S/C14H21NO2S/c1-11-4-2-3-5-12(11)8-14(9-15)13-6-7-18(16,17)10-13/h2-5,13-14H,6-10,15H2,1H3. The van der Waals surface area contributed by atoms with E-state index in [1.807, 2.05) is 12.1 Å². The van der Waals surface area contributed by atoms with Gasteiger partial charge in [-0.05, 0) is 49.3 Å². The van der Waals surface area contributed by atoms with E-state index in [0.29, 0.717) is 18.1 Å². The van der Waals surface area contributed by atoms with Crippen molar-refractivity contribution < 1.29 is 8.42 Å². The molecule has 0 saturated carbocycles. The van der Waals surface area contributed by atoms with E-state index in [0.717, 1.165) is 12.8 Å². The summed E-state index contributed by atoms with van der Waals surface area (Å²) in [6.07, 6.45) is 1.67. The molecule has 1 saturated heterocycles. The Kier molecular flexibility index (Phi) is 4.07. The topological polar surface area (TPSA) is 60.2 Å². The molecule has 1 heterocycles. The first kappa shape index (κ1) is 13.6. The Labute approximate surface area is 109 Å². The fourth-order valence-electron chi connectivity index (χ4n) is 2.76. The number of sulfone groups is 1. The molecule has 2 rings (SSSR count). The van der Waals surface area contributed by atoms with Gasteiger partial charge in [0.05, 0.1) is 11.5 Å². The molecule has 0 spiro atoms. The van der Waals surface area contributed by atoms with Crippen molar-refractivity contribution in [2.75, 3.05) is 18.1 Å². The fraction of sp³-hybridized carbons (Fsp3) is 0.571. The zero-order chi connectivity index (χ0) is 13.2. The average molecular weight is 267 g/mol. The third kappa shape index (κ3) is 3.12. The molecule has 0 aliphatic carbocycles. The summed E-state index contributed by atoms with van der Waals surface area (Å²) in [7, 11) is -2.81. The van der Waals surface area contributed by atoms with Crippen molar-refractivity contribution in [1.29, 1.82) is 0 Å². The van der Waals surface area contributed by atoms with E-state index in [4.69, 9.17) is 5.73 Å². The third-order valence-corrected chi connectivity index (χ3v) is 5.77. The molecule has 1 fully saturated rings. The summed E-state index contributed by atoms with van der Waals surface area (Å²) in [4.78, 5) is 0. The summed E-state index contributed by atoms with van der Waals surface area (Å²) in [6.45, 7) is 2.66. The van der Waals surface area contributed by atoms with Crippen LogP contribution in [0.5, 0.6) is 0 Å². The molecule has 4 heteroatoms. The smallest absolute Gasteiger partial charge is 0.150 e. The number of hydrogen-bond acceptors (Lipinski definition) is 3. The van der Waals surface area contributed by atoms with Crippen molar-refractivity contribution in [3.8, 4) is 0 Å². The highest BCUT2D eigenvalue weighted by Crippen LogP contribution is 2.28. The SMILES string of the molecule is Cc1ccccc1CC(CN)C1CCS(=O)(=O)C1. The molecule has 1 aromatic rings. The van der Waals surface area contributed by atoms with Gasteiger partial charge < -0.3 is 5.73 Å². The second kappa shape index (κ2) is 5.41. The molecule has 3 nitrogen and oxygen atoms in total. The molecule has 2 N–H and O–H groups in total. The first-order chi connectivity index (χ1) is 8.52. The van der Waals surface area contributed by atoms with E-state index in [1.54, 1.807) is 0 Å². The van der Waals surface area contributed by atoms with E-state index in [2.05, 4.69) is 19.1 Å². The molecule has 0 bridgehead atoms. The van der Waals surface area contributed by atoms with Crippen LogP contribution in [0.15, 0.2) is 24.3 Å². The Hall–Kier alpha value is -0.870. The Morgan fingerprint density at radius 1 is 1.39 bits per heavy atom. The highest BCUT2D eigenvalue weighted by atomic mass is 32.2. The van der Waals surface area contributed by atoms with Gasteiger partial charge in [0.2, 0.25) is 0 Å². The van der Waals surface area contributed by atoms with Gasteiger partial charge in [0, 0.05) is 0 Å². The van der Waals surface area contributed by atoms with Gasteiger partial charge in [-0.1, -0.05) is 24.3 Å². The van der Waals surface area contributed by atoms with Gasteiger partial charge >= 0.3 is 0 Å². The third-order valence-electron chi connectivity index (χ3n) is 3.98. The van der Waals surface area contributed by atoms with Gasteiger partial charge in [0.15, 0.2) is 9.84 Å². The zero-order valence-corrected chi connectivity index (χ0v) is 11.6. The van der Waals surface area contributed by atoms with Crippen molar-refractivity contribution in [2.24, 2.45) is 17.6 Å². The summed E-state index contributed by atoms with van der Waals surface area (Å²) in [6, 6.07) is 8.26. The lowest BCUT2D eigenvalue weighted by Gasteiger charge is -2.21. The second-order valence-electron chi connectivity index (χ2n) is 5.29. The highest BCUT2D eigenvalue weighted by Gasteiger charge is 2.33. The second-order valence-corrected chi connectivity index (χ2v) is 7.52. The van der Waals surface area contributed by atoms with Gasteiger partial charge in [-0.3, -0.25) is 0 Å². The Morgan fingerprint density at radius 3 is 2.67 bits per heavy atom. The molecule has 2 atom stereocenters. The van der Waals surface area contributed by atoms with Crippen molar-refractivity contribution in [3.63, 3.8) is 0 Å². The largest absolute Gasteiger partial charge is 0.330 e. The van der Waals surface area contributed by atoms with Crippen LogP contribution in [0.2, 0.25) is 0 Å². The number of nitrogens with two attached hydrogens (primary N) is 1. The summed E-state index contributed by atoms with van der Waals surface area (Å²) in [5.41, 5.74) is 8.39. The number of rotatable bonds is 4. The molecule has 1 aliphatic heterocycles. The van der Waals surface area contributed by atoms with Gasteiger partial charge in [-0.2, -0.15) is 0 Å². The lowest BCUT2D eigenvalue weighted by Crippen LogP contribution is -2.26. The summed E-state index contributed by atoms with van der Waals surface area (Å²) in [5.74, 6) is 1.17. The van der Waals surface area contributed by atoms with Crippen LogP contribution in [-0.4, -0.2) is 26.5 Å². The molecule has 0 radical (unpaired) electrons. The minimum absolute atomic E-state index is 0.236. The van der Waals surface area contributed by atoms with Gasteiger partial charge in [0.25, 0.3) is 0 Å². The van der Waals surface area contributed by atoms with Crippen molar-refractivity contribution >= 4 is 9.84 Å². The van der Waals surface area contributed by atoms with Crippen LogP contribution in [0.25, 0.3) is 0 Å². The Morgan fingerprint density at radius 2 is 2.11 bits per heavy atom. The van der Waals surface area contributed by atoms with Crippen molar-refractivity contribution in [2.45, 2.75) is 19.8 Å². The number of benzene rings is 1. The molecule has 0 aromatic heterocycles. The van der Waals surface area contributed by atoms with Crippen LogP contribution >= 0.6 is 0 Å². The van der Waals surface area contributed by atoms with E-state index in [9.17, 15) is 8.42 Å². The molecule has 2 unspecified atom stereocenters. The lowest BCUT2D eigenvalue weighted by atomic mass is 9.85. The minimum atomic E-state index is -2.81. The van der Waals surface area contributed by atoms with E-state index < -0.39 is 9.84 Å². The van der Waals surface area contributed by atoms with Crippen LogP contribution in [-0.2, 0) is 16.3 Å². The van der Waals surface area contributed by atoms with Crippen LogP contribution in [0, 0.1) is 18.8 Å². The summed E-state index contributed by atoms with van der Waals surface area (Å²) in [5, 5.41) is 0. The Bertz CT molecular complexity index is 510. The molecule has 18 heavy (non-hydrogen) atoms. The first-order valence-corrected chi connectivity index (χ1v) is 8.29. The van der Waals surface area contributed by atoms with E-state index in [-0.39, 0.29) is 11.8 Å². The maximum absolute atomic E-state index is 11.5. The number of hydrogen-bond donors (Lipinski definition) is 1. The molecule has 0 amide bonds. The predicted molar refractivity (Wildman–Crippen MR) is 74.2 cm³/mol. The van der Waals surface area contributed by atoms with Crippen LogP contribution in [0.1, 0.15) is 17.5 Å². The fourth-order valence-corrected chi connectivity index (χ4v) is 4.68. The van der Waals surface area contributed by atoms with Gasteiger partial charge in [-0.15, -0.1) is 0 Å². The van der Waals surface area contributed by atoms with Gasteiger partial charge in [0.1, 0.15) is 0 Å². The zero-order valence-electron chi connectivity index (χ0n) is 10.8. The lowest BCUT2D eigenvalue weighted by molar-refractivity contribution is 0.370. The molecular weight excluding hydrogens is 246 g/mol. The predicted octanol–water partition coefficient (Wildman–Crippen LogP) is 1.55. The monoisotopic (exact) mass is 267 g/mol. The van der Waals surface area contributed by atoms with Crippen LogP contribution in [0.3, 0.4) is 0 Å². The van der Waals surface area contributed by atoms with E-state index >= 15 is 0 Å². The van der Waals surface area contributed by atoms with Crippen LogP contribution in [0.4, 0.5) is 0 Å². The molecule has 100 valence electrons. The molecule has 1 aliphatic rings. The quantitative estimate of drug-likeness (QED) is 0.900. The normalized spacial score (nSPS) is 24.0. The van der Waals surface area contributed by atoms with Crippen molar-refractivity contribution in [1.82, 2.24) is 0 Å². The highest BCUT2D eigenvalue weighted by molar-refractivity contribution is 7.91. The molecule has 1 aromatic carbocycles. The molecular formula is C14H21NO2S.